The Morgan fingerprint density at radius 3 is 2.33 bits per heavy atom. The minimum atomic E-state index is -0.709. The van der Waals surface area contributed by atoms with E-state index in [0.717, 1.165) is 11.6 Å². The molecule has 0 spiro atoms. The Balaban J connectivity index is 2.24. The van der Waals surface area contributed by atoms with E-state index in [2.05, 4.69) is 5.32 Å². The molecule has 0 aliphatic carbocycles. The fourth-order valence-corrected chi connectivity index (χ4v) is 3.11. The second kappa shape index (κ2) is 7.53. The maximum atomic E-state index is 14.5. The third kappa shape index (κ3) is 3.88. The average Bonchev–Trinajstić information content (AvgIpc) is 2.92. The van der Waals surface area contributed by atoms with Crippen LogP contribution in [0, 0.1) is 18.6 Å². The summed E-state index contributed by atoms with van der Waals surface area (Å²) in [5, 5.41) is 3.42. The van der Waals surface area contributed by atoms with Crippen LogP contribution in [0.3, 0.4) is 0 Å². The molecule has 0 saturated carbocycles. The van der Waals surface area contributed by atoms with Crippen LogP contribution in [-0.2, 0) is 0 Å². The number of nitrogens with zero attached hydrogens (tertiary/aromatic N) is 1. The molecule has 0 aliphatic heterocycles. The minimum absolute atomic E-state index is 0.0400. The van der Waals surface area contributed by atoms with Gasteiger partial charge in [-0.1, -0.05) is 23.7 Å². The zero-order valence-electron chi connectivity index (χ0n) is 15.2. The fraction of sp³-hybridized carbons (Fsp3) is 0.190. The molecule has 3 rings (SSSR count). The summed E-state index contributed by atoms with van der Waals surface area (Å²) in [7, 11) is 0. The summed E-state index contributed by atoms with van der Waals surface area (Å²) in [6, 6.07) is 12.1. The van der Waals surface area contributed by atoms with Crippen molar-refractivity contribution in [3.8, 4) is 16.9 Å². The van der Waals surface area contributed by atoms with Crippen molar-refractivity contribution in [3.63, 3.8) is 0 Å². The summed E-state index contributed by atoms with van der Waals surface area (Å²) in [6.07, 6.45) is 0. The van der Waals surface area contributed by atoms with Gasteiger partial charge in [-0.15, -0.1) is 0 Å². The van der Waals surface area contributed by atoms with Gasteiger partial charge in [-0.25, -0.2) is 8.78 Å². The first-order valence-electron chi connectivity index (χ1n) is 8.52. The van der Waals surface area contributed by atoms with Gasteiger partial charge in [0.15, 0.2) is 0 Å². The van der Waals surface area contributed by atoms with Crippen LogP contribution in [0.15, 0.2) is 48.5 Å². The predicted molar refractivity (Wildman–Crippen MR) is 103 cm³/mol. The van der Waals surface area contributed by atoms with E-state index in [4.69, 9.17) is 11.6 Å². The number of aromatic nitrogens is 1. The SMILES string of the molecule is Cc1c(C(=O)NC(C)C)cc(-c2ccc(Cl)cc2)n1-c1ccc(F)cc1F. The second-order valence-electron chi connectivity index (χ2n) is 6.59. The molecule has 3 aromatic rings. The molecule has 0 radical (unpaired) electrons. The molecular weight excluding hydrogens is 370 g/mol. The van der Waals surface area contributed by atoms with Crippen molar-refractivity contribution in [2.75, 3.05) is 0 Å². The number of halogens is 3. The van der Waals surface area contributed by atoms with Crippen molar-refractivity contribution in [1.29, 1.82) is 0 Å². The second-order valence-corrected chi connectivity index (χ2v) is 7.03. The molecule has 6 heteroatoms. The smallest absolute Gasteiger partial charge is 0.253 e. The zero-order valence-corrected chi connectivity index (χ0v) is 15.9. The molecule has 0 atom stereocenters. The molecule has 0 saturated heterocycles. The lowest BCUT2D eigenvalue weighted by Crippen LogP contribution is -2.30. The summed E-state index contributed by atoms with van der Waals surface area (Å²) < 4.78 is 29.5. The molecule has 1 N–H and O–H groups in total. The van der Waals surface area contributed by atoms with E-state index in [9.17, 15) is 13.6 Å². The van der Waals surface area contributed by atoms with Crippen LogP contribution in [0.1, 0.15) is 29.9 Å². The van der Waals surface area contributed by atoms with Crippen LogP contribution in [0.5, 0.6) is 0 Å². The molecule has 1 aromatic heterocycles. The van der Waals surface area contributed by atoms with Crippen LogP contribution in [0.2, 0.25) is 5.02 Å². The highest BCUT2D eigenvalue weighted by molar-refractivity contribution is 6.30. The van der Waals surface area contributed by atoms with Gasteiger partial charge in [0.1, 0.15) is 11.6 Å². The third-order valence-corrected chi connectivity index (χ3v) is 4.45. The molecule has 0 unspecified atom stereocenters. The topological polar surface area (TPSA) is 34.0 Å². The highest BCUT2D eigenvalue weighted by Gasteiger charge is 2.21. The largest absolute Gasteiger partial charge is 0.350 e. The summed E-state index contributed by atoms with van der Waals surface area (Å²) in [5.74, 6) is -1.62. The van der Waals surface area contributed by atoms with Crippen molar-refractivity contribution < 1.29 is 13.6 Å². The van der Waals surface area contributed by atoms with Crippen LogP contribution >= 0.6 is 11.6 Å². The van der Waals surface area contributed by atoms with Crippen molar-refractivity contribution in [1.82, 2.24) is 9.88 Å². The van der Waals surface area contributed by atoms with Crippen molar-refractivity contribution >= 4 is 17.5 Å². The van der Waals surface area contributed by atoms with Gasteiger partial charge < -0.3 is 9.88 Å². The molecular formula is C21H19ClF2N2O. The van der Waals surface area contributed by atoms with Crippen LogP contribution in [-0.4, -0.2) is 16.5 Å². The Kier molecular flexibility index (Phi) is 5.33. The van der Waals surface area contributed by atoms with Gasteiger partial charge in [-0.05, 0) is 56.7 Å². The lowest BCUT2D eigenvalue weighted by molar-refractivity contribution is 0.0942. The van der Waals surface area contributed by atoms with E-state index in [1.54, 1.807) is 41.8 Å². The van der Waals surface area contributed by atoms with E-state index in [-0.39, 0.29) is 17.6 Å². The van der Waals surface area contributed by atoms with Gasteiger partial charge in [-0.2, -0.15) is 0 Å². The molecule has 1 amide bonds. The highest BCUT2D eigenvalue weighted by Crippen LogP contribution is 2.31. The Bertz CT molecular complexity index is 994. The normalized spacial score (nSPS) is 11.1. The maximum absolute atomic E-state index is 14.5. The Morgan fingerprint density at radius 2 is 1.74 bits per heavy atom. The molecule has 0 aliphatic rings. The first-order chi connectivity index (χ1) is 12.8. The number of hydrogen-bond donors (Lipinski definition) is 1. The average molecular weight is 389 g/mol. The van der Waals surface area contributed by atoms with Crippen LogP contribution < -0.4 is 5.32 Å². The quantitative estimate of drug-likeness (QED) is 0.627. The van der Waals surface area contributed by atoms with E-state index >= 15 is 0 Å². The van der Waals surface area contributed by atoms with Crippen molar-refractivity contribution in [3.05, 3.63) is 76.4 Å². The van der Waals surface area contributed by atoms with Gasteiger partial charge in [0.05, 0.1) is 16.9 Å². The molecule has 0 bridgehead atoms. The standard InChI is InChI=1S/C21H19ClF2N2O/c1-12(2)25-21(27)17-11-20(14-4-6-15(22)7-5-14)26(13(17)3)19-9-8-16(23)10-18(19)24/h4-12H,1-3H3,(H,25,27). The predicted octanol–water partition coefficient (Wildman–Crippen LogP) is 5.52. The Labute approximate surface area is 161 Å². The number of amides is 1. The number of rotatable bonds is 4. The highest BCUT2D eigenvalue weighted by atomic mass is 35.5. The number of benzene rings is 2. The van der Waals surface area contributed by atoms with Gasteiger partial charge in [0.25, 0.3) is 5.91 Å². The van der Waals surface area contributed by atoms with Gasteiger partial charge in [0.2, 0.25) is 0 Å². The Morgan fingerprint density at radius 1 is 1.07 bits per heavy atom. The van der Waals surface area contributed by atoms with Gasteiger partial charge in [0, 0.05) is 22.8 Å². The fourth-order valence-electron chi connectivity index (χ4n) is 2.98. The molecule has 3 nitrogen and oxygen atoms in total. The van der Waals surface area contributed by atoms with Gasteiger partial charge in [-0.3, -0.25) is 4.79 Å². The molecule has 140 valence electrons. The van der Waals surface area contributed by atoms with E-state index in [0.29, 0.717) is 22.0 Å². The molecule has 27 heavy (non-hydrogen) atoms. The first kappa shape index (κ1) is 19.1. The number of hydrogen-bond acceptors (Lipinski definition) is 1. The Hall–Kier alpha value is -2.66. The van der Waals surface area contributed by atoms with E-state index in [1.165, 1.54) is 12.1 Å². The van der Waals surface area contributed by atoms with Crippen molar-refractivity contribution in [2.24, 2.45) is 0 Å². The monoisotopic (exact) mass is 388 g/mol. The lowest BCUT2D eigenvalue weighted by atomic mass is 10.1. The van der Waals surface area contributed by atoms with E-state index < -0.39 is 11.6 Å². The number of nitrogens with one attached hydrogen (secondary N) is 1. The lowest BCUT2D eigenvalue weighted by Gasteiger charge is -2.14. The minimum Gasteiger partial charge on any atom is -0.350 e. The van der Waals surface area contributed by atoms with E-state index in [1.807, 2.05) is 13.8 Å². The van der Waals surface area contributed by atoms with Crippen molar-refractivity contribution in [2.45, 2.75) is 26.8 Å². The van der Waals surface area contributed by atoms with Crippen LogP contribution in [0.25, 0.3) is 16.9 Å². The maximum Gasteiger partial charge on any atom is 0.253 e. The third-order valence-electron chi connectivity index (χ3n) is 4.20. The van der Waals surface area contributed by atoms with Crippen LogP contribution in [0.4, 0.5) is 8.78 Å². The zero-order chi connectivity index (χ0) is 19.7. The molecule has 2 aromatic carbocycles. The summed E-state index contributed by atoms with van der Waals surface area (Å²) in [4.78, 5) is 12.6. The number of carbonyl (C=O) groups is 1. The summed E-state index contributed by atoms with van der Waals surface area (Å²) in [6.45, 7) is 5.46. The molecule has 0 fully saturated rings. The number of carbonyl (C=O) groups excluding carboxylic acids is 1. The first-order valence-corrected chi connectivity index (χ1v) is 8.90. The molecule has 1 heterocycles. The van der Waals surface area contributed by atoms with Gasteiger partial charge >= 0.3 is 0 Å². The summed E-state index contributed by atoms with van der Waals surface area (Å²) in [5.41, 5.74) is 2.53. The summed E-state index contributed by atoms with van der Waals surface area (Å²) >= 11 is 5.97.